The Bertz CT molecular complexity index is 848. The topological polar surface area (TPSA) is 44.0 Å². The highest BCUT2D eigenvalue weighted by Gasteiger charge is 2.32. The van der Waals surface area contributed by atoms with Gasteiger partial charge in [0.1, 0.15) is 0 Å². The Morgan fingerprint density at radius 1 is 1.09 bits per heavy atom. The number of hydrogen-bond acceptors (Lipinski definition) is 2. The molecule has 0 saturated carbocycles. The van der Waals surface area contributed by atoms with Gasteiger partial charge in [-0.05, 0) is 12.1 Å². The molecule has 118 valence electrons. The zero-order valence-corrected chi connectivity index (χ0v) is 12.2. The maximum atomic E-state index is 13.5. The molecule has 0 bridgehead atoms. The van der Waals surface area contributed by atoms with E-state index in [0.717, 1.165) is 7.05 Å². The molecule has 0 fully saturated rings. The van der Waals surface area contributed by atoms with Gasteiger partial charge in [-0.15, -0.1) is 0 Å². The number of nitrogens with zero attached hydrogens (tertiary/aromatic N) is 2. The van der Waals surface area contributed by atoms with Crippen molar-refractivity contribution in [2.45, 2.75) is 6.18 Å². The van der Waals surface area contributed by atoms with E-state index in [-0.39, 0.29) is 5.69 Å². The summed E-state index contributed by atoms with van der Waals surface area (Å²) < 4.78 is 52.4. The molecule has 10 heteroatoms. The molecule has 1 heterocycles. The lowest BCUT2D eigenvalue weighted by Crippen LogP contribution is -2.38. The van der Waals surface area contributed by atoms with E-state index in [1.807, 2.05) is 0 Å². The van der Waals surface area contributed by atoms with Crippen LogP contribution in [0.5, 0.6) is 0 Å². The molecule has 0 aliphatic heterocycles. The third kappa shape index (κ3) is 2.76. The van der Waals surface area contributed by atoms with Gasteiger partial charge in [-0.25, -0.2) is 4.79 Å². The zero-order chi connectivity index (χ0) is 16.8. The Hall–Kier alpha value is -1.80. The average Bonchev–Trinajstić information content (AvgIpc) is 2.40. The van der Waals surface area contributed by atoms with Crippen molar-refractivity contribution in [3.05, 3.63) is 60.6 Å². The lowest BCUT2D eigenvalue weighted by atomic mass is 10.2. The van der Waals surface area contributed by atoms with Crippen molar-refractivity contribution < 1.29 is 17.6 Å². The summed E-state index contributed by atoms with van der Waals surface area (Å²) in [6, 6.07) is 1.11. The molecule has 4 nitrogen and oxygen atoms in total. The predicted molar refractivity (Wildman–Crippen MR) is 72.3 cm³/mol. The second-order valence-electron chi connectivity index (χ2n) is 4.28. The minimum atomic E-state index is -4.69. The number of benzene rings is 1. The first kappa shape index (κ1) is 16.6. The molecular formula is C12H6Cl2F4N2O2. The van der Waals surface area contributed by atoms with Crippen LogP contribution in [0, 0.1) is 5.82 Å². The van der Waals surface area contributed by atoms with Crippen molar-refractivity contribution in [1.29, 1.82) is 0 Å². The second kappa shape index (κ2) is 5.44. The first-order chi connectivity index (χ1) is 10.0. The van der Waals surface area contributed by atoms with Crippen molar-refractivity contribution in [2.24, 2.45) is 7.05 Å². The van der Waals surface area contributed by atoms with Crippen molar-refractivity contribution in [2.75, 3.05) is 0 Å². The first-order valence-electron chi connectivity index (χ1n) is 5.59. The number of hydrogen-bond donors (Lipinski definition) is 0. The number of halogens is 6. The van der Waals surface area contributed by atoms with Crippen molar-refractivity contribution >= 4 is 23.2 Å². The summed E-state index contributed by atoms with van der Waals surface area (Å²) >= 11 is 11.5. The van der Waals surface area contributed by atoms with Gasteiger partial charge >= 0.3 is 11.9 Å². The highest BCUT2D eigenvalue weighted by Crippen LogP contribution is 2.37. The van der Waals surface area contributed by atoms with E-state index in [4.69, 9.17) is 23.2 Å². The van der Waals surface area contributed by atoms with Gasteiger partial charge in [0, 0.05) is 7.05 Å². The van der Waals surface area contributed by atoms with Crippen LogP contribution >= 0.6 is 23.2 Å². The highest BCUT2D eigenvalue weighted by molar-refractivity contribution is 6.37. The molecule has 2 aromatic rings. The Morgan fingerprint density at radius 3 is 2.05 bits per heavy atom. The molecule has 1 aromatic heterocycles. The molecule has 22 heavy (non-hydrogen) atoms. The Balaban J connectivity index is 2.81. The standard InChI is InChI=1S/C12H6Cl2F4N2O2/c1-19-10(21)8(15)4-20(11(19)22)9-6(13)2-5(3-7(9)14)12(16,17)18/h2-4H,1H3. The van der Waals surface area contributed by atoms with Crippen LogP contribution in [0.1, 0.15) is 5.56 Å². The Kier molecular flexibility index (Phi) is 4.09. The molecule has 0 aliphatic rings. The minimum Gasteiger partial charge on any atom is -0.266 e. The van der Waals surface area contributed by atoms with Crippen LogP contribution < -0.4 is 11.2 Å². The van der Waals surface area contributed by atoms with Gasteiger partial charge in [0.25, 0.3) is 5.56 Å². The Morgan fingerprint density at radius 2 is 1.59 bits per heavy atom. The molecule has 1 aromatic carbocycles. The zero-order valence-electron chi connectivity index (χ0n) is 10.7. The molecule has 0 unspecified atom stereocenters. The monoisotopic (exact) mass is 356 g/mol. The van der Waals surface area contributed by atoms with Gasteiger partial charge in [-0.3, -0.25) is 13.9 Å². The summed E-state index contributed by atoms with van der Waals surface area (Å²) in [4.78, 5) is 23.2. The van der Waals surface area contributed by atoms with Crippen molar-refractivity contribution in [3.8, 4) is 5.69 Å². The SMILES string of the molecule is Cn1c(=O)c(F)cn(-c2c(Cl)cc(C(F)(F)F)cc2Cl)c1=O. The van der Waals surface area contributed by atoms with Crippen LogP contribution in [0.25, 0.3) is 5.69 Å². The van der Waals surface area contributed by atoms with Crippen molar-refractivity contribution in [1.82, 2.24) is 9.13 Å². The van der Waals surface area contributed by atoms with Gasteiger partial charge in [-0.1, -0.05) is 23.2 Å². The van der Waals surface area contributed by atoms with E-state index in [1.165, 1.54) is 0 Å². The average molecular weight is 357 g/mol. The van der Waals surface area contributed by atoms with E-state index in [9.17, 15) is 27.2 Å². The third-order valence-corrected chi connectivity index (χ3v) is 3.41. The minimum absolute atomic E-state index is 0.351. The normalized spacial score (nSPS) is 11.8. The molecule has 0 saturated heterocycles. The molecular weight excluding hydrogens is 351 g/mol. The van der Waals surface area contributed by atoms with Crippen LogP contribution in [0.4, 0.5) is 17.6 Å². The number of alkyl halides is 3. The summed E-state index contributed by atoms with van der Waals surface area (Å²) in [5, 5.41) is -1.03. The van der Waals surface area contributed by atoms with Gasteiger partial charge in [-0.2, -0.15) is 17.6 Å². The first-order valence-corrected chi connectivity index (χ1v) is 6.34. The largest absolute Gasteiger partial charge is 0.416 e. The summed E-state index contributed by atoms with van der Waals surface area (Å²) in [5.74, 6) is -1.28. The smallest absolute Gasteiger partial charge is 0.266 e. The quantitative estimate of drug-likeness (QED) is 0.737. The molecule has 0 spiro atoms. The summed E-state index contributed by atoms with van der Waals surface area (Å²) in [5.41, 5.74) is -3.66. The van der Waals surface area contributed by atoms with Crippen molar-refractivity contribution in [3.63, 3.8) is 0 Å². The van der Waals surface area contributed by atoms with Gasteiger partial charge in [0.15, 0.2) is 0 Å². The van der Waals surface area contributed by atoms with Gasteiger partial charge in [0.05, 0.1) is 27.5 Å². The summed E-state index contributed by atoms with van der Waals surface area (Å²) in [6.07, 6.45) is -4.17. The van der Waals surface area contributed by atoms with Gasteiger partial charge < -0.3 is 0 Å². The van der Waals surface area contributed by atoms with E-state index < -0.39 is 38.9 Å². The van der Waals surface area contributed by atoms with E-state index in [2.05, 4.69) is 0 Å². The molecule has 0 aliphatic carbocycles. The molecule has 0 atom stereocenters. The molecule has 0 N–H and O–H groups in total. The van der Waals surface area contributed by atoms with Crippen LogP contribution in [-0.2, 0) is 13.2 Å². The van der Waals surface area contributed by atoms with E-state index in [1.54, 1.807) is 0 Å². The second-order valence-corrected chi connectivity index (χ2v) is 5.09. The van der Waals surface area contributed by atoms with Crippen LogP contribution in [0.15, 0.2) is 27.9 Å². The van der Waals surface area contributed by atoms with E-state index in [0.29, 0.717) is 27.5 Å². The fourth-order valence-corrected chi connectivity index (χ4v) is 2.42. The highest BCUT2D eigenvalue weighted by atomic mass is 35.5. The van der Waals surface area contributed by atoms with E-state index >= 15 is 0 Å². The Labute approximate surface area is 130 Å². The molecule has 0 radical (unpaired) electrons. The fourth-order valence-electron chi connectivity index (χ4n) is 1.75. The van der Waals surface area contributed by atoms with Crippen LogP contribution in [-0.4, -0.2) is 9.13 Å². The molecule has 0 amide bonds. The third-order valence-electron chi connectivity index (χ3n) is 2.83. The fraction of sp³-hybridized carbons (Fsp3) is 0.167. The maximum Gasteiger partial charge on any atom is 0.416 e. The lowest BCUT2D eigenvalue weighted by molar-refractivity contribution is -0.137. The maximum absolute atomic E-state index is 13.5. The number of aromatic nitrogens is 2. The van der Waals surface area contributed by atoms with Gasteiger partial charge in [0.2, 0.25) is 5.82 Å². The van der Waals surface area contributed by atoms with Crippen LogP contribution in [0.3, 0.4) is 0 Å². The molecule has 2 rings (SSSR count). The summed E-state index contributed by atoms with van der Waals surface area (Å²) in [7, 11) is 1.01. The van der Waals surface area contributed by atoms with Crippen LogP contribution in [0.2, 0.25) is 10.0 Å². The summed E-state index contributed by atoms with van der Waals surface area (Å²) in [6.45, 7) is 0. The lowest BCUT2D eigenvalue weighted by Gasteiger charge is -2.14. The predicted octanol–water partition coefficient (Wildman–Crippen LogP) is 3.00. The number of rotatable bonds is 1.